The predicted molar refractivity (Wildman–Crippen MR) is 110 cm³/mol. The van der Waals surface area contributed by atoms with Gasteiger partial charge in [0.25, 0.3) is 5.91 Å². The number of carbonyl (C=O) groups excluding carboxylic acids is 2. The van der Waals surface area contributed by atoms with E-state index in [0.29, 0.717) is 17.2 Å². The van der Waals surface area contributed by atoms with Crippen molar-refractivity contribution < 1.29 is 23.5 Å². The first-order valence-electron chi connectivity index (χ1n) is 9.45. The molecule has 0 saturated carbocycles. The first-order valence-corrected chi connectivity index (χ1v) is 9.45. The van der Waals surface area contributed by atoms with Crippen LogP contribution in [0.3, 0.4) is 0 Å². The summed E-state index contributed by atoms with van der Waals surface area (Å²) in [5, 5.41) is 7.59. The van der Waals surface area contributed by atoms with E-state index in [1.807, 2.05) is 13.8 Å². The Morgan fingerprint density at radius 2 is 1.97 bits per heavy atom. The average Bonchev–Trinajstić information content (AvgIpc) is 3.14. The van der Waals surface area contributed by atoms with E-state index in [0.717, 1.165) is 10.9 Å². The molecule has 3 aromatic rings. The van der Waals surface area contributed by atoms with Gasteiger partial charge in [-0.2, -0.15) is 5.10 Å². The van der Waals surface area contributed by atoms with Crippen molar-refractivity contribution >= 4 is 28.7 Å². The zero-order chi connectivity index (χ0) is 21.8. The van der Waals surface area contributed by atoms with Gasteiger partial charge < -0.3 is 19.2 Å². The number of amides is 1. The van der Waals surface area contributed by atoms with Gasteiger partial charge in [-0.05, 0) is 45.4 Å². The first kappa shape index (κ1) is 21.1. The van der Waals surface area contributed by atoms with E-state index in [-0.39, 0.29) is 6.04 Å². The lowest BCUT2D eigenvalue weighted by Crippen LogP contribution is -2.32. The molecule has 1 aromatic carbocycles. The lowest BCUT2D eigenvalue weighted by atomic mass is 10.1. The summed E-state index contributed by atoms with van der Waals surface area (Å²) in [5.41, 5.74) is 0.682. The van der Waals surface area contributed by atoms with Gasteiger partial charge in [0, 0.05) is 29.6 Å². The average molecular weight is 413 g/mol. The molecule has 0 aliphatic heterocycles. The summed E-state index contributed by atoms with van der Waals surface area (Å²) >= 11 is 0. The highest BCUT2D eigenvalue weighted by molar-refractivity contribution is 5.94. The fraction of sp³-hybridized carbons (Fsp3) is 0.333. The molecular formula is C21H23N3O6. The third-order valence-electron chi connectivity index (χ3n) is 4.37. The number of carbonyl (C=O) groups is 2. The molecule has 0 saturated heterocycles. The van der Waals surface area contributed by atoms with Gasteiger partial charge in [-0.1, -0.05) is 0 Å². The molecule has 3 rings (SSSR count). The summed E-state index contributed by atoms with van der Waals surface area (Å²) in [6.45, 7) is 6.74. The molecule has 0 fully saturated rings. The number of anilines is 1. The minimum atomic E-state index is -1.02. The molecule has 2 heterocycles. The molecule has 30 heavy (non-hydrogen) atoms. The van der Waals surface area contributed by atoms with Crippen molar-refractivity contribution in [3.05, 3.63) is 52.5 Å². The topological polar surface area (TPSA) is 113 Å². The molecule has 0 aliphatic carbocycles. The summed E-state index contributed by atoms with van der Waals surface area (Å²) in [4.78, 5) is 35.9. The quantitative estimate of drug-likeness (QED) is 0.468. The number of hydrogen-bond acceptors (Lipinski definition) is 7. The SMILES string of the molecule is Cc1cc(=O)oc2cc(OCC(=O)O[C@H](C)C(=O)Nc3ccnn3C(C)C)ccc12. The van der Waals surface area contributed by atoms with Crippen molar-refractivity contribution in [3.63, 3.8) is 0 Å². The largest absolute Gasteiger partial charge is 0.482 e. The third kappa shape index (κ3) is 4.86. The van der Waals surface area contributed by atoms with Crippen LogP contribution in [0.4, 0.5) is 5.82 Å². The molecule has 0 spiro atoms. The maximum absolute atomic E-state index is 12.3. The van der Waals surface area contributed by atoms with Crippen LogP contribution >= 0.6 is 0 Å². The van der Waals surface area contributed by atoms with E-state index >= 15 is 0 Å². The van der Waals surface area contributed by atoms with Crippen molar-refractivity contribution in [2.75, 3.05) is 11.9 Å². The van der Waals surface area contributed by atoms with E-state index < -0.39 is 30.2 Å². The van der Waals surface area contributed by atoms with Crippen molar-refractivity contribution in [2.45, 2.75) is 39.8 Å². The minimum Gasteiger partial charge on any atom is -0.482 e. The molecule has 9 heteroatoms. The van der Waals surface area contributed by atoms with Crippen LogP contribution in [-0.2, 0) is 14.3 Å². The summed E-state index contributed by atoms with van der Waals surface area (Å²) in [6.07, 6.45) is 0.557. The zero-order valence-corrected chi connectivity index (χ0v) is 17.2. The molecule has 0 bridgehead atoms. The number of nitrogens with zero attached hydrogens (tertiary/aromatic N) is 2. The van der Waals surface area contributed by atoms with Gasteiger partial charge >= 0.3 is 11.6 Å². The van der Waals surface area contributed by atoms with Gasteiger partial charge in [0.05, 0.1) is 6.20 Å². The molecule has 2 aromatic heterocycles. The third-order valence-corrected chi connectivity index (χ3v) is 4.37. The second-order valence-electron chi connectivity index (χ2n) is 7.07. The second-order valence-corrected chi connectivity index (χ2v) is 7.07. The Morgan fingerprint density at radius 1 is 1.20 bits per heavy atom. The van der Waals surface area contributed by atoms with Gasteiger partial charge in [0.15, 0.2) is 12.7 Å². The molecule has 9 nitrogen and oxygen atoms in total. The summed E-state index contributed by atoms with van der Waals surface area (Å²) in [6, 6.07) is 8.06. The molecule has 0 unspecified atom stereocenters. The lowest BCUT2D eigenvalue weighted by Gasteiger charge is -2.16. The predicted octanol–water partition coefficient (Wildman–Crippen LogP) is 2.83. The van der Waals surface area contributed by atoms with E-state index in [2.05, 4.69) is 10.4 Å². The van der Waals surface area contributed by atoms with Crippen molar-refractivity contribution in [1.82, 2.24) is 9.78 Å². The van der Waals surface area contributed by atoms with Crippen molar-refractivity contribution in [2.24, 2.45) is 0 Å². The van der Waals surface area contributed by atoms with Crippen LogP contribution < -0.4 is 15.7 Å². The van der Waals surface area contributed by atoms with Gasteiger partial charge in [-0.15, -0.1) is 0 Å². The molecule has 158 valence electrons. The standard InChI is InChI=1S/C21H23N3O6/c1-12(2)24-18(7-8-22-24)23-21(27)14(4)29-20(26)11-28-15-5-6-16-13(3)9-19(25)30-17(16)10-15/h5-10,12,14H,11H2,1-4H3,(H,23,27)/t14-/m1/s1. The minimum absolute atomic E-state index is 0.0664. The van der Waals surface area contributed by atoms with E-state index in [9.17, 15) is 14.4 Å². The number of ether oxygens (including phenoxy) is 2. The number of hydrogen-bond donors (Lipinski definition) is 1. The van der Waals surface area contributed by atoms with Crippen LogP contribution in [0.15, 0.2) is 45.7 Å². The van der Waals surface area contributed by atoms with Gasteiger partial charge in [0.2, 0.25) is 0 Å². The van der Waals surface area contributed by atoms with Gasteiger partial charge in [-0.3, -0.25) is 4.79 Å². The second kappa shape index (κ2) is 8.81. The number of fused-ring (bicyclic) bond motifs is 1. The normalized spacial score (nSPS) is 12.0. The molecule has 0 aliphatic rings. The molecule has 1 atom stereocenters. The first-order chi connectivity index (χ1) is 14.2. The smallest absolute Gasteiger partial charge is 0.344 e. The monoisotopic (exact) mass is 413 g/mol. The molecule has 1 N–H and O–H groups in total. The van der Waals surface area contributed by atoms with Crippen molar-refractivity contribution in [1.29, 1.82) is 0 Å². The Kier molecular flexibility index (Phi) is 6.20. The Labute approximate surface area is 172 Å². The zero-order valence-electron chi connectivity index (χ0n) is 17.2. The van der Waals surface area contributed by atoms with Gasteiger partial charge in [-0.25, -0.2) is 14.3 Å². The number of esters is 1. The number of rotatable bonds is 7. The van der Waals surface area contributed by atoms with E-state index in [1.54, 1.807) is 36.0 Å². The van der Waals surface area contributed by atoms with Crippen LogP contribution in [0, 0.1) is 6.92 Å². The Bertz CT molecular complexity index is 1130. The number of nitrogens with one attached hydrogen (secondary N) is 1. The highest BCUT2D eigenvalue weighted by Crippen LogP contribution is 2.22. The maximum atomic E-state index is 12.3. The van der Waals surface area contributed by atoms with E-state index in [1.165, 1.54) is 19.1 Å². The molecular weight excluding hydrogens is 390 g/mol. The maximum Gasteiger partial charge on any atom is 0.344 e. The fourth-order valence-corrected chi connectivity index (χ4v) is 2.87. The molecule has 0 radical (unpaired) electrons. The van der Waals surface area contributed by atoms with Crippen LogP contribution in [-0.4, -0.2) is 34.4 Å². The number of aromatic nitrogens is 2. The summed E-state index contributed by atoms with van der Waals surface area (Å²) in [5.74, 6) is -0.331. The summed E-state index contributed by atoms with van der Waals surface area (Å²) in [7, 11) is 0. The van der Waals surface area contributed by atoms with Crippen molar-refractivity contribution in [3.8, 4) is 5.75 Å². The highest BCUT2D eigenvalue weighted by Gasteiger charge is 2.20. The fourth-order valence-electron chi connectivity index (χ4n) is 2.87. The Morgan fingerprint density at radius 3 is 2.70 bits per heavy atom. The lowest BCUT2D eigenvalue weighted by molar-refractivity contribution is -0.155. The Hall–Kier alpha value is -3.62. The van der Waals surface area contributed by atoms with Gasteiger partial charge in [0.1, 0.15) is 17.2 Å². The van der Waals surface area contributed by atoms with Crippen LogP contribution in [0.25, 0.3) is 11.0 Å². The number of benzene rings is 1. The Balaban J connectivity index is 1.56. The summed E-state index contributed by atoms with van der Waals surface area (Å²) < 4.78 is 17.3. The van der Waals surface area contributed by atoms with Crippen LogP contribution in [0.1, 0.15) is 32.4 Å². The highest BCUT2D eigenvalue weighted by atomic mass is 16.6. The van der Waals surface area contributed by atoms with E-state index in [4.69, 9.17) is 13.9 Å². The number of aryl methyl sites for hydroxylation is 1. The molecule has 1 amide bonds. The van der Waals surface area contributed by atoms with Crippen LogP contribution in [0.5, 0.6) is 5.75 Å². The van der Waals surface area contributed by atoms with Crippen LogP contribution in [0.2, 0.25) is 0 Å².